The lowest BCUT2D eigenvalue weighted by Gasteiger charge is -2.24. The standard InChI is InChI=1S/C29H46N4O4/c1-10-22-14-21(13-12-19(22)5)17-36-25-16-33(28(35)37-29(7,8)9)15-24(25)32-27(34)23(11-2)26(30)31-20(6)18(3)4/h11-14,18,20,24-25H,10,15-17H2,1-9H3,(H2,30,31)(H,32,34)/b23-11+/t20?,24-,25-/m0/s1. The summed E-state index contributed by atoms with van der Waals surface area (Å²) in [5, 5.41) is 3.04. The Morgan fingerprint density at radius 1 is 1.24 bits per heavy atom. The molecular formula is C29H46N4O4. The second-order valence-electron chi connectivity index (χ2n) is 11.1. The molecule has 1 heterocycles. The van der Waals surface area contributed by atoms with Gasteiger partial charge in [0.05, 0.1) is 36.9 Å². The number of aryl methyl sites for hydroxylation is 2. The highest BCUT2D eigenvalue weighted by molar-refractivity contribution is 6.20. The van der Waals surface area contributed by atoms with Crippen LogP contribution in [-0.4, -0.2) is 59.6 Å². The van der Waals surface area contributed by atoms with Crippen LogP contribution in [0.5, 0.6) is 0 Å². The van der Waals surface area contributed by atoms with E-state index >= 15 is 0 Å². The Morgan fingerprint density at radius 3 is 2.49 bits per heavy atom. The molecule has 2 amide bonds. The fraction of sp³-hybridized carbons (Fsp3) is 0.621. The van der Waals surface area contributed by atoms with Gasteiger partial charge in [-0.3, -0.25) is 9.79 Å². The molecule has 1 aromatic carbocycles. The highest BCUT2D eigenvalue weighted by atomic mass is 16.6. The Labute approximate surface area is 222 Å². The number of nitrogens with zero attached hydrogens (tertiary/aromatic N) is 2. The maximum absolute atomic E-state index is 13.2. The molecule has 0 aliphatic carbocycles. The number of amides is 2. The number of aliphatic imine (C=N–C) groups is 1. The molecule has 3 N–H and O–H groups in total. The van der Waals surface area contributed by atoms with Gasteiger partial charge in [0.25, 0.3) is 5.91 Å². The van der Waals surface area contributed by atoms with E-state index in [2.05, 4.69) is 50.1 Å². The van der Waals surface area contributed by atoms with Crippen molar-refractivity contribution in [3.8, 4) is 0 Å². The van der Waals surface area contributed by atoms with Crippen molar-refractivity contribution in [2.45, 2.75) is 99.1 Å². The molecule has 8 nitrogen and oxygen atoms in total. The summed E-state index contributed by atoms with van der Waals surface area (Å²) in [6, 6.07) is 5.84. The van der Waals surface area contributed by atoms with Crippen LogP contribution in [0.25, 0.3) is 0 Å². The van der Waals surface area contributed by atoms with Crippen LogP contribution in [0, 0.1) is 12.8 Å². The van der Waals surface area contributed by atoms with Crippen LogP contribution in [0.2, 0.25) is 0 Å². The summed E-state index contributed by atoms with van der Waals surface area (Å²) in [6.45, 7) is 18.5. The molecule has 1 saturated heterocycles. The van der Waals surface area contributed by atoms with Gasteiger partial charge < -0.3 is 25.4 Å². The minimum Gasteiger partial charge on any atom is -0.444 e. The van der Waals surface area contributed by atoms with E-state index in [9.17, 15) is 9.59 Å². The van der Waals surface area contributed by atoms with Gasteiger partial charge in [0.1, 0.15) is 11.4 Å². The number of ether oxygens (including phenoxy) is 2. The Kier molecular flexibility index (Phi) is 10.7. The zero-order valence-electron chi connectivity index (χ0n) is 24.1. The quantitative estimate of drug-likeness (QED) is 0.286. The number of nitrogens with one attached hydrogen (secondary N) is 1. The van der Waals surface area contributed by atoms with E-state index in [1.54, 1.807) is 17.9 Å². The lowest BCUT2D eigenvalue weighted by molar-refractivity contribution is -0.118. The molecule has 0 radical (unpaired) electrons. The molecular weight excluding hydrogens is 468 g/mol. The third kappa shape index (κ3) is 8.88. The second-order valence-corrected chi connectivity index (χ2v) is 11.1. The van der Waals surface area contributed by atoms with Crippen molar-refractivity contribution >= 4 is 17.8 Å². The van der Waals surface area contributed by atoms with Crippen LogP contribution >= 0.6 is 0 Å². The molecule has 1 aliphatic rings. The number of nitrogens with two attached hydrogens (primary N) is 1. The van der Waals surface area contributed by atoms with Crippen molar-refractivity contribution in [1.82, 2.24) is 10.2 Å². The maximum Gasteiger partial charge on any atom is 0.410 e. The maximum atomic E-state index is 13.2. The Balaban J connectivity index is 2.21. The van der Waals surface area contributed by atoms with Crippen molar-refractivity contribution in [3.63, 3.8) is 0 Å². The van der Waals surface area contributed by atoms with Crippen LogP contribution in [0.4, 0.5) is 4.79 Å². The van der Waals surface area contributed by atoms with Gasteiger partial charge in [-0.2, -0.15) is 0 Å². The summed E-state index contributed by atoms with van der Waals surface area (Å²) in [5.74, 6) is 0.157. The SMILES string of the molecule is C/C=C(/C(=O)N[C@H]1CN(C(=O)OC(C)(C)C)C[C@@H]1OCc1ccc(C)c(CC)c1)C(N)=NC(C)C(C)C. The molecule has 8 heteroatoms. The largest absolute Gasteiger partial charge is 0.444 e. The first-order chi connectivity index (χ1) is 17.2. The molecule has 206 valence electrons. The van der Waals surface area contributed by atoms with Crippen LogP contribution in [0.15, 0.2) is 34.8 Å². The minimum absolute atomic E-state index is 0.0181. The van der Waals surface area contributed by atoms with E-state index in [-0.39, 0.29) is 24.3 Å². The number of hydrogen-bond acceptors (Lipinski definition) is 5. The van der Waals surface area contributed by atoms with Gasteiger partial charge in [-0.05, 0) is 70.6 Å². The Bertz CT molecular complexity index is 1010. The molecule has 1 fully saturated rings. The molecule has 0 saturated carbocycles. The highest BCUT2D eigenvalue weighted by Gasteiger charge is 2.39. The molecule has 1 aromatic rings. The van der Waals surface area contributed by atoms with E-state index in [0.29, 0.717) is 24.6 Å². The van der Waals surface area contributed by atoms with Gasteiger partial charge in [0, 0.05) is 6.54 Å². The number of likely N-dealkylation sites (tertiary alicyclic amines) is 1. The monoisotopic (exact) mass is 514 g/mol. The van der Waals surface area contributed by atoms with Crippen molar-refractivity contribution in [1.29, 1.82) is 0 Å². The van der Waals surface area contributed by atoms with Crippen LogP contribution < -0.4 is 11.1 Å². The van der Waals surface area contributed by atoms with Gasteiger partial charge in [-0.1, -0.05) is 45.0 Å². The van der Waals surface area contributed by atoms with Gasteiger partial charge in [-0.15, -0.1) is 0 Å². The fourth-order valence-corrected chi connectivity index (χ4v) is 4.04. The summed E-state index contributed by atoms with van der Waals surface area (Å²) < 4.78 is 11.8. The van der Waals surface area contributed by atoms with Gasteiger partial charge in [-0.25, -0.2) is 4.79 Å². The lowest BCUT2D eigenvalue weighted by Crippen LogP contribution is -2.46. The topological polar surface area (TPSA) is 106 Å². The minimum atomic E-state index is -0.622. The number of carbonyl (C=O) groups is 2. The zero-order valence-corrected chi connectivity index (χ0v) is 24.1. The summed E-state index contributed by atoms with van der Waals surface area (Å²) in [7, 11) is 0. The van der Waals surface area contributed by atoms with E-state index in [1.807, 2.05) is 33.8 Å². The van der Waals surface area contributed by atoms with Crippen molar-refractivity contribution < 1.29 is 19.1 Å². The van der Waals surface area contributed by atoms with Crippen molar-refractivity contribution in [2.24, 2.45) is 16.6 Å². The van der Waals surface area contributed by atoms with Gasteiger partial charge in [0.15, 0.2) is 0 Å². The Hall–Kier alpha value is -2.87. The number of hydrogen-bond donors (Lipinski definition) is 2. The number of rotatable bonds is 9. The van der Waals surface area contributed by atoms with Crippen LogP contribution in [0.3, 0.4) is 0 Å². The average Bonchev–Trinajstić information content (AvgIpc) is 3.20. The predicted octanol–water partition coefficient (Wildman–Crippen LogP) is 4.53. The normalized spacial score (nSPS) is 19.8. The molecule has 0 aromatic heterocycles. The molecule has 2 rings (SSSR count). The first-order valence-corrected chi connectivity index (χ1v) is 13.2. The van der Waals surface area contributed by atoms with Gasteiger partial charge >= 0.3 is 6.09 Å². The van der Waals surface area contributed by atoms with E-state index in [1.165, 1.54) is 11.1 Å². The third-order valence-corrected chi connectivity index (χ3v) is 6.61. The van der Waals surface area contributed by atoms with E-state index < -0.39 is 23.8 Å². The second kappa shape index (κ2) is 13.1. The summed E-state index contributed by atoms with van der Waals surface area (Å²) >= 11 is 0. The lowest BCUT2D eigenvalue weighted by atomic mass is 10.0. The smallest absolute Gasteiger partial charge is 0.410 e. The van der Waals surface area contributed by atoms with E-state index in [4.69, 9.17) is 15.2 Å². The molecule has 1 aliphatic heterocycles. The number of amidine groups is 1. The Morgan fingerprint density at radius 2 is 1.92 bits per heavy atom. The molecule has 0 spiro atoms. The fourth-order valence-electron chi connectivity index (χ4n) is 4.04. The molecule has 3 atom stereocenters. The van der Waals surface area contributed by atoms with Crippen molar-refractivity contribution in [3.05, 3.63) is 46.5 Å². The zero-order chi connectivity index (χ0) is 27.9. The number of allylic oxidation sites excluding steroid dienone is 1. The number of benzene rings is 1. The van der Waals surface area contributed by atoms with Crippen molar-refractivity contribution in [2.75, 3.05) is 13.1 Å². The first kappa shape index (κ1) is 30.4. The predicted molar refractivity (Wildman–Crippen MR) is 149 cm³/mol. The average molecular weight is 515 g/mol. The first-order valence-electron chi connectivity index (χ1n) is 13.2. The highest BCUT2D eigenvalue weighted by Crippen LogP contribution is 2.21. The number of carbonyl (C=O) groups excluding carboxylic acids is 2. The summed E-state index contributed by atoms with van der Waals surface area (Å²) in [5.41, 5.74) is 9.47. The molecule has 1 unspecified atom stereocenters. The van der Waals surface area contributed by atoms with Crippen LogP contribution in [0.1, 0.15) is 72.1 Å². The summed E-state index contributed by atoms with van der Waals surface area (Å²) in [6.07, 6.45) is 1.77. The molecule has 37 heavy (non-hydrogen) atoms. The molecule has 0 bridgehead atoms. The van der Waals surface area contributed by atoms with E-state index in [0.717, 1.165) is 12.0 Å². The van der Waals surface area contributed by atoms with Gasteiger partial charge in [0.2, 0.25) is 0 Å². The summed E-state index contributed by atoms with van der Waals surface area (Å²) in [4.78, 5) is 32.1. The third-order valence-electron chi connectivity index (χ3n) is 6.61. The van der Waals surface area contributed by atoms with Crippen LogP contribution in [-0.2, 0) is 27.3 Å².